The minimum absolute atomic E-state index is 0. The topological polar surface area (TPSA) is 340 Å². The van der Waals surface area contributed by atoms with E-state index in [1.54, 1.807) is 13.8 Å². The van der Waals surface area contributed by atoms with Crippen LogP contribution in [-0.4, -0.2) is 270 Å². The average Bonchev–Trinajstić information content (AvgIpc) is 0.721. The molecule has 0 amide bonds. The second-order valence-electron chi connectivity index (χ2n) is 38.0. The molecule has 0 saturated carbocycles. The first-order valence-corrected chi connectivity index (χ1v) is 91.0. The van der Waals surface area contributed by atoms with E-state index in [1.165, 1.54) is 0 Å². The molecule has 1 unspecified atom stereocenters. The lowest BCUT2D eigenvalue weighted by Gasteiger charge is -2.43. The van der Waals surface area contributed by atoms with Crippen molar-refractivity contribution in [2.75, 3.05) is 78.9 Å². The summed E-state index contributed by atoms with van der Waals surface area (Å²) in [5.41, 5.74) is 5.42. The molecule has 0 saturated heterocycles. The lowest BCUT2D eigenvalue weighted by molar-refractivity contribution is -0.145. The van der Waals surface area contributed by atoms with Gasteiger partial charge in [-0.15, -0.1) is 0 Å². The molecule has 0 aliphatic heterocycles. The summed E-state index contributed by atoms with van der Waals surface area (Å²) in [4.78, 5) is 92.1. The van der Waals surface area contributed by atoms with E-state index in [9.17, 15) is 38.4 Å². The van der Waals surface area contributed by atoms with Crippen LogP contribution in [0.5, 0.6) is 0 Å². The van der Waals surface area contributed by atoms with E-state index in [0.717, 1.165) is 59.1 Å². The van der Waals surface area contributed by atoms with Gasteiger partial charge in [-0.2, -0.15) is 0 Å². The summed E-state index contributed by atoms with van der Waals surface area (Å²) in [5.74, 6) is -3.92. The summed E-state index contributed by atoms with van der Waals surface area (Å²) < 4.78 is 132. The Morgan fingerprint density at radius 3 is 0.636 bits per heavy atom. The van der Waals surface area contributed by atoms with Gasteiger partial charge in [-0.25, -0.2) is 38.4 Å². The second-order valence-corrected chi connectivity index (χ2v) is 109. The van der Waals surface area contributed by atoms with Crippen molar-refractivity contribution >= 4 is 191 Å². The van der Waals surface area contributed by atoms with Crippen molar-refractivity contribution < 1.29 is 136 Å². The zero-order valence-corrected chi connectivity index (χ0v) is 97.8. The third-order valence-corrected chi connectivity index (χ3v) is 95.4. The minimum atomic E-state index is -2.94. The van der Waals surface area contributed by atoms with Crippen LogP contribution >= 0.6 is 0 Å². The molecule has 0 aliphatic carbocycles. The Bertz CT molecular complexity index is 3240. The smallest absolute Gasteiger partial charge is 0.334 e. The SMILES string of the molecule is C.C.C.C.C.C.C.C.C.C.C.C.C.C.C.C.C.C.C.C.C.C=C(C)C(=O)OC[SiH](C)O[Si](C)(C)C[Si](C)(C)O[Si](C)(C)O[Si](C)(C)C[Si](C)(C)O[Si](C)(C)COC(=O)C(=C)C.C=CC(=O)OCCO[Si](C)(C[Si](C)(C)O[Si](C)(C)O[Si](C)(C)C[Si](C)(OCCOC(=O)C=C)OCCOC(=O)C=C)OCCOC(=O)C=C.C=CC(=O)OCO[Si](C)(C)C[Si](C)(C)O[Si](C)(C)O[Si](C)(C)C[Si](C)(C)OCOC(=O)C=C. The summed E-state index contributed by atoms with van der Waals surface area (Å²) in [6.45, 7) is 97.3. The van der Waals surface area contributed by atoms with Crippen molar-refractivity contribution in [2.24, 2.45) is 0 Å². The van der Waals surface area contributed by atoms with Crippen LogP contribution in [0.25, 0.3) is 0 Å². The van der Waals surface area contributed by atoms with E-state index >= 15 is 0 Å². The van der Waals surface area contributed by atoms with Crippen LogP contribution in [0.4, 0.5) is 0 Å². The number of carbonyl (C=O) groups excluding carboxylic acids is 8. The maximum atomic E-state index is 11.9. The Labute approximate surface area is 906 Å². The molecule has 47 heteroatoms. The van der Waals surface area contributed by atoms with Crippen LogP contribution in [0, 0.1) is 0 Å². The third-order valence-electron chi connectivity index (χ3n) is 16.0. The van der Waals surface area contributed by atoms with Gasteiger partial charge < -0.3 is 97.4 Å². The number of carbonyl (C=O) groups is 8. The zero-order valence-electron chi connectivity index (χ0n) is 80.7. The van der Waals surface area contributed by atoms with Crippen molar-refractivity contribution in [3.63, 3.8) is 0 Å². The summed E-state index contributed by atoms with van der Waals surface area (Å²) in [6.07, 6.45) is 7.23. The van der Waals surface area contributed by atoms with E-state index in [4.69, 9.17) is 97.4 Å². The molecule has 0 bridgehead atoms. The summed E-state index contributed by atoms with van der Waals surface area (Å²) in [7, 11) is -39.2. The Morgan fingerprint density at radius 2 is 0.420 bits per heavy atom. The predicted octanol–water partition coefficient (Wildman–Crippen LogP) is 29.3. The Balaban J connectivity index is -0.0000000638. The van der Waals surface area contributed by atoms with Crippen molar-refractivity contribution in [1.82, 2.24) is 0 Å². The molecule has 0 N–H and O–H groups in total. The number of rotatable bonds is 62. The molecule has 0 spiro atoms. The Hall–Kier alpha value is -3.19. The summed E-state index contributed by atoms with van der Waals surface area (Å²) in [5, 5.41) is 0. The van der Waals surface area contributed by atoms with Gasteiger partial charge in [0.25, 0.3) is 0 Å². The molecular formula is C96H242O30Si17. The first kappa shape index (κ1) is 201. The average molecular weight is 2350 g/mol. The Morgan fingerprint density at radius 1 is 0.231 bits per heavy atom. The van der Waals surface area contributed by atoms with Gasteiger partial charge >= 0.3 is 90.6 Å². The normalized spacial score (nSPS) is 11.4. The fourth-order valence-electron chi connectivity index (χ4n) is 14.9. The van der Waals surface area contributed by atoms with Crippen molar-refractivity contribution in [1.29, 1.82) is 0 Å². The number of esters is 8. The third kappa shape index (κ3) is 106. The van der Waals surface area contributed by atoms with Gasteiger partial charge in [0.2, 0.25) is 8.32 Å². The molecule has 0 aromatic carbocycles. The molecular weight excluding hydrogens is 2110 g/mol. The van der Waals surface area contributed by atoms with Gasteiger partial charge in [-0.1, -0.05) is 209 Å². The van der Waals surface area contributed by atoms with Gasteiger partial charge in [-0.05, 0) is 239 Å². The highest BCUT2D eigenvalue weighted by Gasteiger charge is 2.51. The molecule has 30 nitrogen and oxygen atoms in total. The lowest BCUT2D eigenvalue weighted by Crippen LogP contribution is -2.58. The number of ether oxygens (including phenoxy) is 8. The van der Waals surface area contributed by atoms with Gasteiger partial charge in [-0.3, -0.25) is 0 Å². The quantitative estimate of drug-likeness (QED) is 0.0136. The van der Waals surface area contributed by atoms with Crippen LogP contribution in [0.3, 0.4) is 0 Å². The molecule has 0 fully saturated rings. The molecule has 0 aliphatic rings. The molecule has 0 aromatic heterocycles. The highest BCUT2D eigenvalue weighted by molar-refractivity contribution is 7.00. The number of hydrogen-bond donors (Lipinski definition) is 0. The monoisotopic (exact) mass is 2350 g/mol. The van der Waals surface area contributed by atoms with Crippen LogP contribution < -0.4 is 0 Å². The first-order chi connectivity index (χ1) is 55.0. The highest BCUT2D eigenvalue weighted by Crippen LogP contribution is 2.36. The maximum Gasteiger partial charge on any atom is 0.334 e. The van der Waals surface area contributed by atoms with Crippen LogP contribution in [-0.2, 0) is 136 Å². The molecule has 874 valence electrons. The predicted molar refractivity (Wildman–Crippen MR) is 664 cm³/mol. The lowest BCUT2D eigenvalue weighted by atomic mass is 10.4. The fourth-order valence-corrected chi connectivity index (χ4v) is 118. The number of hydrogen-bond acceptors (Lipinski definition) is 30. The molecule has 0 aromatic rings. The zero-order chi connectivity index (χ0) is 95.9. The minimum Gasteiger partial charge on any atom is -0.464 e. The van der Waals surface area contributed by atoms with E-state index in [2.05, 4.69) is 229 Å². The fraction of sp³-hybridized carbons (Fsp3) is 0.750. The molecule has 0 rings (SSSR count). The Kier molecular flexibility index (Phi) is 125. The maximum absolute atomic E-state index is 11.9. The van der Waals surface area contributed by atoms with E-state index < -0.39 is 179 Å². The molecule has 1 atom stereocenters. The van der Waals surface area contributed by atoms with E-state index in [0.29, 0.717) is 34.9 Å². The summed E-state index contributed by atoms with van der Waals surface area (Å²) in [6, 6.07) is 0. The van der Waals surface area contributed by atoms with Gasteiger partial charge in [0.15, 0.2) is 106 Å². The van der Waals surface area contributed by atoms with Crippen LogP contribution in [0.2, 0.25) is 237 Å². The van der Waals surface area contributed by atoms with Crippen LogP contribution in [0.1, 0.15) is 170 Å². The van der Waals surface area contributed by atoms with Crippen molar-refractivity contribution in [3.05, 3.63) is 100 Å². The second kappa shape index (κ2) is 89.3. The molecule has 0 radical (unpaired) electrons. The van der Waals surface area contributed by atoms with E-state index in [1.807, 2.05) is 26.2 Å². The standard InChI is InChI=1S/C30H56O14Si5.C25H58O8Si7.C20H44O8Si5.21CH4/c1-13-27(31)35-17-21-39-48(11,40-22-18-36-28(32)14-2)25-45(5,6)43-47(9,10)44-46(7,8)26-49(12,41-23-19-37-29(33)15-3)42-24-20-38-30(34)16-4;1-22(2)24(26)28-18-34(5)30-36(8,9)20-38(12,13)32-40(16,17)33-39(14,15)21-37(10,11)31-35(6,7)19-29-25(27)23(3)4;1-13-19(21)23-15-25-29(3,4)17-31(7,8)27-33(11,12)28-32(9,10)18-30(5,6)26-16-24-20(22)14-2;;;;;;;;;;;;;;;;;;;;;/h13-16H,1-4,17-26H2,5-12H3;34H,1,3,18-21H2,2,4-17H3;13-14H,1-2,15-18H2,3-12H3;21*1H4. The molecule has 0 heterocycles. The summed E-state index contributed by atoms with van der Waals surface area (Å²) >= 11 is 0. The highest BCUT2D eigenvalue weighted by atomic mass is 28.5. The molecule has 143 heavy (non-hydrogen) atoms. The van der Waals surface area contributed by atoms with Crippen LogP contribution in [0.15, 0.2) is 100 Å². The first-order valence-electron chi connectivity index (χ1n) is 40.8. The van der Waals surface area contributed by atoms with Crippen molar-refractivity contribution in [3.8, 4) is 0 Å². The van der Waals surface area contributed by atoms with Gasteiger partial charge in [0.05, 0.1) is 26.4 Å². The van der Waals surface area contributed by atoms with Gasteiger partial charge in [0.1, 0.15) is 38.9 Å². The van der Waals surface area contributed by atoms with E-state index in [-0.39, 0.29) is 234 Å². The van der Waals surface area contributed by atoms with Gasteiger partial charge in [0, 0.05) is 58.9 Å². The largest absolute Gasteiger partial charge is 0.464 e. The van der Waals surface area contributed by atoms with Crippen molar-refractivity contribution in [2.45, 2.75) is 407 Å².